The molecule has 0 atom stereocenters. The van der Waals surface area contributed by atoms with E-state index in [-0.39, 0.29) is 16.2 Å². The molecule has 0 aliphatic heterocycles. The van der Waals surface area contributed by atoms with Crippen molar-refractivity contribution in [2.75, 3.05) is 20.7 Å². The Labute approximate surface area is 159 Å². The molecule has 144 valence electrons. The predicted octanol–water partition coefficient (Wildman–Crippen LogP) is 2.90. The van der Waals surface area contributed by atoms with Crippen molar-refractivity contribution < 1.29 is 22.7 Å². The number of rotatable bonds is 6. The molecule has 0 saturated carbocycles. The first-order chi connectivity index (χ1) is 12.5. The molecular weight excluding hydrogens is 366 g/mol. The summed E-state index contributed by atoms with van der Waals surface area (Å²) in [6, 6.07) is 9.35. The van der Waals surface area contributed by atoms with Gasteiger partial charge in [0, 0.05) is 19.7 Å². The summed E-state index contributed by atoms with van der Waals surface area (Å²) < 4.78 is 30.5. The number of sulfonamides is 1. The first-order valence-corrected chi connectivity index (χ1v) is 9.79. The number of benzene rings is 2. The van der Waals surface area contributed by atoms with Gasteiger partial charge in [0.25, 0.3) is 0 Å². The van der Waals surface area contributed by atoms with E-state index in [4.69, 9.17) is 4.74 Å². The van der Waals surface area contributed by atoms with E-state index in [1.165, 1.54) is 38.4 Å². The van der Waals surface area contributed by atoms with Gasteiger partial charge in [-0.05, 0) is 50.1 Å². The predicted molar refractivity (Wildman–Crippen MR) is 103 cm³/mol. The summed E-state index contributed by atoms with van der Waals surface area (Å²) >= 11 is 0. The summed E-state index contributed by atoms with van der Waals surface area (Å²) in [5.74, 6) is -1.04. The third kappa shape index (κ3) is 4.61. The van der Waals surface area contributed by atoms with Crippen molar-refractivity contribution in [3.8, 4) is 0 Å². The van der Waals surface area contributed by atoms with Gasteiger partial charge in [0.1, 0.15) is 0 Å². The molecule has 0 radical (unpaired) electrons. The number of nitrogens with zero attached hydrogens (tertiary/aromatic N) is 1. The number of hydrogen-bond donors (Lipinski definition) is 0. The van der Waals surface area contributed by atoms with Crippen LogP contribution in [0.2, 0.25) is 0 Å². The zero-order valence-corrected chi connectivity index (χ0v) is 16.9. The molecule has 2 rings (SSSR count). The smallest absolute Gasteiger partial charge is 0.338 e. The van der Waals surface area contributed by atoms with Gasteiger partial charge in [-0.3, -0.25) is 4.79 Å². The maximum absolute atomic E-state index is 12.5. The monoisotopic (exact) mass is 389 g/mol. The lowest BCUT2D eigenvalue weighted by molar-refractivity contribution is 0.0474. The molecule has 0 fully saturated rings. The second kappa shape index (κ2) is 8.02. The Morgan fingerprint density at radius 1 is 1.00 bits per heavy atom. The molecule has 27 heavy (non-hydrogen) atoms. The lowest BCUT2D eigenvalue weighted by Crippen LogP contribution is -2.22. The van der Waals surface area contributed by atoms with Crippen molar-refractivity contribution in [2.24, 2.45) is 0 Å². The largest absolute Gasteiger partial charge is 0.454 e. The summed E-state index contributed by atoms with van der Waals surface area (Å²) in [6.45, 7) is 5.21. The average Bonchev–Trinajstić information content (AvgIpc) is 2.58. The quantitative estimate of drug-likeness (QED) is 0.561. The SMILES string of the molecule is Cc1cc(C)c(C(=O)COC(=O)c2cccc(S(=O)(=O)N(C)C)c2)c(C)c1. The van der Waals surface area contributed by atoms with Crippen LogP contribution in [0.1, 0.15) is 37.4 Å². The van der Waals surface area contributed by atoms with Crippen molar-refractivity contribution in [3.05, 3.63) is 64.2 Å². The number of esters is 1. The number of ketones is 1. The van der Waals surface area contributed by atoms with E-state index >= 15 is 0 Å². The lowest BCUT2D eigenvalue weighted by Gasteiger charge is -2.13. The third-order valence-corrected chi connectivity index (χ3v) is 5.95. The third-order valence-electron chi connectivity index (χ3n) is 4.14. The highest BCUT2D eigenvalue weighted by Gasteiger charge is 2.20. The second-order valence-electron chi connectivity index (χ2n) is 6.59. The first-order valence-electron chi connectivity index (χ1n) is 8.35. The van der Waals surface area contributed by atoms with Crippen LogP contribution in [-0.4, -0.2) is 45.2 Å². The van der Waals surface area contributed by atoms with Crippen LogP contribution >= 0.6 is 0 Å². The van der Waals surface area contributed by atoms with Crippen LogP contribution in [0.3, 0.4) is 0 Å². The van der Waals surface area contributed by atoms with E-state index in [0.29, 0.717) is 5.56 Å². The molecule has 0 saturated heterocycles. The zero-order valence-electron chi connectivity index (χ0n) is 16.1. The van der Waals surface area contributed by atoms with Gasteiger partial charge in [0.2, 0.25) is 15.8 Å². The van der Waals surface area contributed by atoms with Gasteiger partial charge in [0.15, 0.2) is 6.61 Å². The molecule has 0 amide bonds. The minimum Gasteiger partial charge on any atom is -0.454 e. The molecular formula is C20H23NO5S. The zero-order chi connectivity index (χ0) is 20.4. The standard InChI is InChI=1S/C20H23NO5S/c1-13-9-14(2)19(15(3)10-13)18(22)12-26-20(23)16-7-6-8-17(11-16)27(24,25)21(4)5/h6-11H,12H2,1-5H3. The number of carbonyl (C=O) groups excluding carboxylic acids is 2. The highest BCUT2D eigenvalue weighted by molar-refractivity contribution is 7.89. The topological polar surface area (TPSA) is 80.8 Å². The fraction of sp³-hybridized carbons (Fsp3) is 0.300. The Kier molecular flexibility index (Phi) is 6.18. The van der Waals surface area contributed by atoms with Gasteiger partial charge in [-0.25, -0.2) is 17.5 Å². The van der Waals surface area contributed by atoms with E-state index in [2.05, 4.69) is 0 Å². The Hall–Kier alpha value is -2.51. The van der Waals surface area contributed by atoms with Gasteiger partial charge >= 0.3 is 5.97 Å². The Morgan fingerprint density at radius 2 is 1.59 bits per heavy atom. The molecule has 7 heteroatoms. The molecule has 0 unspecified atom stereocenters. The van der Waals surface area contributed by atoms with E-state index in [1.807, 2.05) is 32.9 Å². The van der Waals surface area contributed by atoms with Gasteiger partial charge in [-0.1, -0.05) is 23.8 Å². The molecule has 2 aromatic rings. The second-order valence-corrected chi connectivity index (χ2v) is 8.74. The Bertz CT molecular complexity index is 970. The minimum atomic E-state index is -3.66. The molecule has 0 N–H and O–H groups in total. The molecule has 2 aromatic carbocycles. The number of hydrogen-bond acceptors (Lipinski definition) is 5. The summed E-state index contributed by atoms with van der Waals surface area (Å²) in [4.78, 5) is 24.7. The number of ether oxygens (including phenoxy) is 1. The van der Waals surface area contributed by atoms with Crippen LogP contribution in [0, 0.1) is 20.8 Å². The normalized spacial score (nSPS) is 11.5. The molecule has 0 heterocycles. The minimum absolute atomic E-state index is 0.0153. The van der Waals surface area contributed by atoms with Crippen LogP contribution in [0.15, 0.2) is 41.3 Å². The summed E-state index contributed by atoms with van der Waals surface area (Å²) in [7, 11) is -0.848. The first kappa shape index (κ1) is 20.8. The maximum Gasteiger partial charge on any atom is 0.338 e. The lowest BCUT2D eigenvalue weighted by atomic mass is 9.97. The van der Waals surface area contributed by atoms with Crippen LogP contribution in [0.5, 0.6) is 0 Å². The fourth-order valence-corrected chi connectivity index (χ4v) is 3.85. The summed E-state index contributed by atoms with van der Waals surface area (Å²) in [6.07, 6.45) is 0. The van der Waals surface area contributed by atoms with Gasteiger partial charge in [-0.2, -0.15) is 0 Å². The molecule has 0 aliphatic rings. The molecule has 6 nitrogen and oxygen atoms in total. The van der Waals surface area contributed by atoms with Crippen LogP contribution in [0.25, 0.3) is 0 Å². The molecule has 0 bridgehead atoms. The Morgan fingerprint density at radius 3 is 2.15 bits per heavy atom. The number of Topliss-reactive ketones (excluding diaryl/α,β-unsaturated/α-hetero) is 1. The molecule has 0 aromatic heterocycles. The van der Waals surface area contributed by atoms with Gasteiger partial charge in [-0.15, -0.1) is 0 Å². The van der Waals surface area contributed by atoms with Crippen LogP contribution in [-0.2, 0) is 14.8 Å². The fourth-order valence-electron chi connectivity index (χ4n) is 2.90. The maximum atomic E-state index is 12.5. The number of carbonyl (C=O) groups is 2. The van der Waals surface area contributed by atoms with E-state index in [9.17, 15) is 18.0 Å². The van der Waals surface area contributed by atoms with Crippen molar-refractivity contribution in [1.82, 2.24) is 4.31 Å². The van der Waals surface area contributed by atoms with Crippen molar-refractivity contribution in [1.29, 1.82) is 0 Å². The summed E-state index contributed by atoms with van der Waals surface area (Å²) in [5, 5.41) is 0. The molecule has 0 aliphatic carbocycles. The van der Waals surface area contributed by atoms with Crippen molar-refractivity contribution in [2.45, 2.75) is 25.7 Å². The average molecular weight is 389 g/mol. The van der Waals surface area contributed by atoms with Crippen LogP contribution in [0.4, 0.5) is 0 Å². The van der Waals surface area contributed by atoms with Crippen molar-refractivity contribution in [3.63, 3.8) is 0 Å². The van der Waals surface area contributed by atoms with Gasteiger partial charge in [0.05, 0.1) is 10.5 Å². The molecule has 0 spiro atoms. The van der Waals surface area contributed by atoms with E-state index in [0.717, 1.165) is 21.0 Å². The summed E-state index contributed by atoms with van der Waals surface area (Å²) in [5.41, 5.74) is 3.32. The van der Waals surface area contributed by atoms with Crippen LogP contribution < -0.4 is 0 Å². The van der Waals surface area contributed by atoms with E-state index in [1.54, 1.807) is 0 Å². The van der Waals surface area contributed by atoms with E-state index < -0.39 is 22.6 Å². The van der Waals surface area contributed by atoms with Crippen molar-refractivity contribution >= 4 is 21.8 Å². The Balaban J connectivity index is 2.16. The highest BCUT2D eigenvalue weighted by Crippen LogP contribution is 2.18. The number of aryl methyl sites for hydroxylation is 3. The van der Waals surface area contributed by atoms with Gasteiger partial charge < -0.3 is 4.74 Å². The highest BCUT2D eigenvalue weighted by atomic mass is 32.2.